The molecule has 0 saturated heterocycles. The molecule has 4 nitrogen and oxygen atoms in total. The Morgan fingerprint density at radius 3 is 2.62 bits per heavy atom. The van der Waals surface area contributed by atoms with E-state index in [0.29, 0.717) is 5.56 Å². The van der Waals surface area contributed by atoms with Crippen LogP contribution in [0.5, 0.6) is 11.5 Å². The maximum absolute atomic E-state index is 11.5. The predicted molar refractivity (Wildman–Crippen MR) is 79.1 cm³/mol. The molecule has 0 spiro atoms. The van der Waals surface area contributed by atoms with Crippen molar-refractivity contribution in [3.63, 3.8) is 0 Å². The van der Waals surface area contributed by atoms with Crippen molar-refractivity contribution in [3.8, 4) is 11.5 Å². The summed E-state index contributed by atoms with van der Waals surface area (Å²) < 4.78 is 11.0. The fourth-order valence-corrected chi connectivity index (χ4v) is 3.14. The highest BCUT2D eigenvalue weighted by molar-refractivity contribution is 7.99. The Labute approximate surface area is 126 Å². The molecule has 108 valence electrons. The van der Waals surface area contributed by atoms with Crippen LogP contribution in [-0.4, -0.2) is 18.2 Å². The first-order valence-corrected chi connectivity index (χ1v) is 7.24. The van der Waals surface area contributed by atoms with Gasteiger partial charge in [0.1, 0.15) is 11.5 Å². The van der Waals surface area contributed by atoms with Gasteiger partial charge in [-0.15, -0.1) is 0 Å². The molecule has 0 bridgehead atoms. The number of carboxylic acid groups (broad SMARTS) is 1. The van der Waals surface area contributed by atoms with Crippen molar-refractivity contribution < 1.29 is 19.4 Å². The molecular formula is C16H14O4S. The average Bonchev–Trinajstić information content (AvgIpc) is 2.51. The van der Waals surface area contributed by atoms with Crippen LogP contribution in [0.1, 0.15) is 12.5 Å². The Bertz CT molecular complexity index is 713. The molecule has 2 aromatic rings. The number of hydrogen-bond acceptors (Lipinski definition) is 4. The SMILES string of the molecule is COC(C)(C(=O)O)c1ccc2c(c1)Sc1ccccc1O2. The van der Waals surface area contributed by atoms with Gasteiger partial charge in [-0.1, -0.05) is 30.0 Å². The molecule has 0 fully saturated rings. The highest BCUT2D eigenvalue weighted by Crippen LogP contribution is 2.47. The lowest BCUT2D eigenvalue weighted by Crippen LogP contribution is -2.34. The molecule has 0 radical (unpaired) electrons. The zero-order valence-corrected chi connectivity index (χ0v) is 12.4. The minimum absolute atomic E-state index is 0.590. The first-order chi connectivity index (χ1) is 10.0. The van der Waals surface area contributed by atoms with E-state index in [1.54, 1.807) is 30.8 Å². The maximum Gasteiger partial charge on any atom is 0.340 e. The van der Waals surface area contributed by atoms with Gasteiger partial charge >= 0.3 is 5.97 Å². The average molecular weight is 302 g/mol. The minimum atomic E-state index is -1.37. The summed E-state index contributed by atoms with van der Waals surface area (Å²) in [6.45, 7) is 1.54. The molecule has 1 aliphatic heterocycles. The van der Waals surface area contributed by atoms with Gasteiger partial charge < -0.3 is 14.6 Å². The molecule has 0 amide bonds. The number of para-hydroxylation sites is 1. The van der Waals surface area contributed by atoms with Gasteiger partial charge in [-0.2, -0.15) is 0 Å². The van der Waals surface area contributed by atoms with Crippen LogP contribution < -0.4 is 4.74 Å². The van der Waals surface area contributed by atoms with Crippen molar-refractivity contribution in [2.24, 2.45) is 0 Å². The smallest absolute Gasteiger partial charge is 0.340 e. The van der Waals surface area contributed by atoms with E-state index in [9.17, 15) is 9.90 Å². The molecule has 1 atom stereocenters. The lowest BCUT2D eigenvalue weighted by atomic mass is 9.96. The predicted octanol–water partition coefficient (Wildman–Crippen LogP) is 3.89. The first-order valence-electron chi connectivity index (χ1n) is 6.42. The van der Waals surface area contributed by atoms with Gasteiger partial charge in [0.05, 0.1) is 9.79 Å². The Kier molecular flexibility index (Phi) is 3.39. The second-order valence-electron chi connectivity index (χ2n) is 4.85. The third-order valence-corrected chi connectivity index (χ3v) is 4.70. The van der Waals surface area contributed by atoms with Crippen LogP contribution in [0, 0.1) is 0 Å². The van der Waals surface area contributed by atoms with Gasteiger partial charge in [-0.05, 0) is 36.8 Å². The van der Waals surface area contributed by atoms with Crippen molar-refractivity contribution in [2.45, 2.75) is 22.3 Å². The summed E-state index contributed by atoms with van der Waals surface area (Å²) in [4.78, 5) is 13.4. The zero-order chi connectivity index (χ0) is 15.0. The van der Waals surface area contributed by atoms with E-state index in [-0.39, 0.29) is 0 Å². The summed E-state index contributed by atoms with van der Waals surface area (Å²) >= 11 is 1.56. The fraction of sp³-hybridized carbons (Fsp3) is 0.188. The van der Waals surface area contributed by atoms with Gasteiger partial charge in [0, 0.05) is 7.11 Å². The standard InChI is InChI=1S/C16H14O4S/c1-16(19-2,15(17)18)10-7-8-12-14(9-10)21-13-6-4-3-5-11(13)20-12/h3-9H,1-2H3,(H,17,18). The van der Waals surface area contributed by atoms with Crippen molar-refractivity contribution in [3.05, 3.63) is 48.0 Å². The minimum Gasteiger partial charge on any atom is -0.479 e. The molecule has 0 aromatic heterocycles. The number of rotatable bonds is 3. The van der Waals surface area contributed by atoms with Gasteiger partial charge in [0.25, 0.3) is 0 Å². The monoisotopic (exact) mass is 302 g/mol. The number of methoxy groups -OCH3 is 1. The molecule has 1 heterocycles. The van der Waals surface area contributed by atoms with Crippen LogP contribution in [0.3, 0.4) is 0 Å². The quantitative estimate of drug-likeness (QED) is 0.795. The summed E-state index contributed by atoms with van der Waals surface area (Å²) in [5.41, 5.74) is -0.779. The Hall–Kier alpha value is -1.98. The van der Waals surface area contributed by atoms with Crippen LogP contribution in [-0.2, 0) is 15.1 Å². The summed E-state index contributed by atoms with van der Waals surface area (Å²) in [5.74, 6) is 0.522. The number of hydrogen-bond donors (Lipinski definition) is 1. The number of ether oxygens (including phenoxy) is 2. The van der Waals surface area contributed by atoms with E-state index < -0.39 is 11.6 Å². The maximum atomic E-state index is 11.5. The van der Waals surface area contributed by atoms with Gasteiger partial charge in [-0.3, -0.25) is 0 Å². The third kappa shape index (κ3) is 2.28. The molecule has 3 rings (SSSR count). The Morgan fingerprint density at radius 1 is 1.19 bits per heavy atom. The third-order valence-electron chi connectivity index (χ3n) is 3.60. The zero-order valence-electron chi connectivity index (χ0n) is 11.6. The molecule has 0 saturated carbocycles. The lowest BCUT2D eigenvalue weighted by Gasteiger charge is -2.26. The number of aliphatic carboxylic acids is 1. The van der Waals surface area contributed by atoms with Crippen LogP contribution in [0.4, 0.5) is 0 Å². The van der Waals surface area contributed by atoms with Crippen LogP contribution in [0.2, 0.25) is 0 Å². The highest BCUT2D eigenvalue weighted by Gasteiger charge is 2.36. The molecule has 1 aliphatic rings. The highest BCUT2D eigenvalue weighted by atomic mass is 32.2. The van der Waals surface area contributed by atoms with Crippen LogP contribution >= 0.6 is 11.8 Å². The molecular weight excluding hydrogens is 288 g/mol. The van der Waals surface area contributed by atoms with E-state index in [2.05, 4.69) is 0 Å². The number of carbonyl (C=O) groups is 1. The van der Waals surface area contributed by atoms with Crippen molar-refractivity contribution in [1.82, 2.24) is 0 Å². The van der Waals surface area contributed by atoms with Crippen molar-refractivity contribution in [2.75, 3.05) is 7.11 Å². The second kappa shape index (κ2) is 5.09. The van der Waals surface area contributed by atoms with E-state index >= 15 is 0 Å². The molecule has 0 aliphatic carbocycles. The molecule has 21 heavy (non-hydrogen) atoms. The van der Waals surface area contributed by atoms with E-state index in [4.69, 9.17) is 9.47 Å². The van der Waals surface area contributed by atoms with E-state index in [0.717, 1.165) is 21.3 Å². The van der Waals surface area contributed by atoms with Gasteiger partial charge in [0.2, 0.25) is 0 Å². The second-order valence-corrected chi connectivity index (χ2v) is 5.94. The van der Waals surface area contributed by atoms with Gasteiger partial charge in [-0.25, -0.2) is 4.79 Å². The first kappa shape index (κ1) is 14.0. The van der Waals surface area contributed by atoms with Crippen LogP contribution in [0.15, 0.2) is 52.3 Å². The fourth-order valence-electron chi connectivity index (χ4n) is 2.15. The summed E-state index contributed by atoms with van der Waals surface area (Å²) in [6.07, 6.45) is 0. The summed E-state index contributed by atoms with van der Waals surface area (Å²) in [5, 5.41) is 9.38. The number of carboxylic acids is 1. The largest absolute Gasteiger partial charge is 0.479 e. The lowest BCUT2D eigenvalue weighted by molar-refractivity contribution is -0.161. The normalized spacial score (nSPS) is 15.3. The Balaban J connectivity index is 2.03. The summed E-state index contributed by atoms with van der Waals surface area (Å²) in [7, 11) is 1.40. The van der Waals surface area contributed by atoms with Crippen molar-refractivity contribution in [1.29, 1.82) is 0 Å². The molecule has 2 aromatic carbocycles. The van der Waals surface area contributed by atoms with E-state index in [1.165, 1.54) is 7.11 Å². The van der Waals surface area contributed by atoms with Crippen LogP contribution in [0.25, 0.3) is 0 Å². The molecule has 1 unspecified atom stereocenters. The van der Waals surface area contributed by atoms with E-state index in [1.807, 2.05) is 30.3 Å². The summed E-state index contributed by atoms with van der Waals surface area (Å²) in [6, 6.07) is 13.1. The number of benzene rings is 2. The molecule has 5 heteroatoms. The van der Waals surface area contributed by atoms with Crippen molar-refractivity contribution >= 4 is 17.7 Å². The number of fused-ring (bicyclic) bond motifs is 2. The Morgan fingerprint density at radius 2 is 1.90 bits per heavy atom. The van der Waals surface area contributed by atoms with Gasteiger partial charge in [0.15, 0.2) is 5.60 Å². The topological polar surface area (TPSA) is 55.8 Å². The molecule has 1 N–H and O–H groups in total.